The maximum Gasteiger partial charge on any atom is 0.140 e. The number of hydrogen-bond acceptors (Lipinski definition) is 4. The summed E-state index contributed by atoms with van der Waals surface area (Å²) in [4.78, 5) is 6.69. The van der Waals surface area contributed by atoms with Gasteiger partial charge in [-0.05, 0) is 56.8 Å². The molecule has 0 amide bonds. The normalized spacial score (nSPS) is 22.8. The average molecular weight is 256 g/mol. The number of rotatable bonds is 4. The van der Waals surface area contributed by atoms with Gasteiger partial charge < -0.3 is 10.2 Å². The molecule has 1 aromatic heterocycles. The Morgan fingerprint density at radius 1 is 1.37 bits per heavy atom. The molecule has 2 fully saturated rings. The fourth-order valence-electron chi connectivity index (χ4n) is 2.83. The second-order valence-corrected chi connectivity index (χ2v) is 5.61. The third-order valence-electron chi connectivity index (χ3n) is 4.04. The zero-order valence-electron chi connectivity index (χ0n) is 11.2. The Balaban J connectivity index is 1.70. The van der Waals surface area contributed by atoms with Crippen molar-refractivity contribution in [3.05, 3.63) is 24.0 Å². The van der Waals surface area contributed by atoms with Crippen LogP contribution in [0.15, 0.2) is 18.3 Å². The smallest absolute Gasteiger partial charge is 0.140 e. The van der Waals surface area contributed by atoms with Crippen LogP contribution in [0.5, 0.6) is 0 Å². The fraction of sp³-hybridized carbons (Fsp3) is 0.600. The van der Waals surface area contributed by atoms with Crippen molar-refractivity contribution in [1.29, 1.82) is 5.26 Å². The highest BCUT2D eigenvalue weighted by Crippen LogP contribution is 2.32. The summed E-state index contributed by atoms with van der Waals surface area (Å²) in [6, 6.07) is 6.64. The highest BCUT2D eigenvalue weighted by atomic mass is 15.2. The van der Waals surface area contributed by atoms with Gasteiger partial charge in [-0.25, -0.2) is 4.98 Å². The minimum Gasteiger partial charge on any atom is -0.367 e. The van der Waals surface area contributed by atoms with E-state index in [4.69, 9.17) is 5.26 Å². The first kappa shape index (κ1) is 12.4. The molecule has 4 nitrogen and oxygen atoms in total. The summed E-state index contributed by atoms with van der Waals surface area (Å²) >= 11 is 0. The lowest BCUT2D eigenvalue weighted by Gasteiger charge is -2.31. The molecule has 1 unspecified atom stereocenters. The van der Waals surface area contributed by atoms with E-state index in [2.05, 4.69) is 21.3 Å². The Morgan fingerprint density at radius 3 is 2.84 bits per heavy atom. The molecular weight excluding hydrogens is 236 g/mol. The first-order chi connectivity index (χ1) is 9.36. The molecule has 2 heterocycles. The van der Waals surface area contributed by atoms with Crippen LogP contribution in [-0.2, 0) is 0 Å². The third kappa shape index (κ3) is 3.05. The molecule has 1 aliphatic carbocycles. The Hall–Kier alpha value is -1.60. The summed E-state index contributed by atoms with van der Waals surface area (Å²) in [6.07, 6.45) is 7.04. The highest BCUT2D eigenvalue weighted by molar-refractivity contribution is 5.48. The van der Waals surface area contributed by atoms with Crippen molar-refractivity contribution >= 4 is 5.69 Å². The molecule has 1 aliphatic heterocycles. The summed E-state index contributed by atoms with van der Waals surface area (Å²) in [5.74, 6) is 0.741. The number of pyridine rings is 1. The van der Waals surface area contributed by atoms with Crippen LogP contribution in [0, 0.1) is 17.2 Å². The molecule has 1 aromatic rings. The fourth-order valence-corrected chi connectivity index (χ4v) is 2.83. The Kier molecular flexibility index (Phi) is 3.65. The third-order valence-corrected chi connectivity index (χ3v) is 4.04. The Morgan fingerprint density at radius 2 is 2.26 bits per heavy atom. The van der Waals surface area contributed by atoms with Gasteiger partial charge in [0.05, 0.1) is 11.9 Å². The van der Waals surface area contributed by atoms with Crippen LogP contribution in [0.25, 0.3) is 0 Å². The first-order valence-electron chi connectivity index (χ1n) is 7.20. The van der Waals surface area contributed by atoms with E-state index in [9.17, 15) is 0 Å². The Bertz CT molecular complexity index is 452. The minimum absolute atomic E-state index is 0.499. The predicted octanol–water partition coefficient (Wildman–Crippen LogP) is 1.92. The lowest BCUT2D eigenvalue weighted by atomic mass is 9.99. The molecule has 1 atom stereocenters. The topological polar surface area (TPSA) is 52.0 Å². The van der Waals surface area contributed by atoms with Crippen LogP contribution in [0.4, 0.5) is 5.69 Å². The molecule has 0 bridgehead atoms. The van der Waals surface area contributed by atoms with Crippen molar-refractivity contribution in [2.24, 2.45) is 5.92 Å². The van der Waals surface area contributed by atoms with Gasteiger partial charge in [0.1, 0.15) is 11.8 Å². The van der Waals surface area contributed by atoms with E-state index >= 15 is 0 Å². The summed E-state index contributed by atoms with van der Waals surface area (Å²) in [6.45, 7) is 3.41. The van der Waals surface area contributed by atoms with Crippen molar-refractivity contribution in [3.63, 3.8) is 0 Å². The number of nitriles is 1. The van der Waals surface area contributed by atoms with Gasteiger partial charge in [0, 0.05) is 12.6 Å². The number of nitrogens with one attached hydrogen (secondary N) is 1. The second-order valence-electron chi connectivity index (χ2n) is 5.61. The molecule has 4 heteroatoms. The predicted molar refractivity (Wildman–Crippen MR) is 74.9 cm³/mol. The van der Waals surface area contributed by atoms with E-state index in [0.29, 0.717) is 11.7 Å². The van der Waals surface area contributed by atoms with E-state index in [-0.39, 0.29) is 0 Å². The van der Waals surface area contributed by atoms with Crippen molar-refractivity contribution in [1.82, 2.24) is 10.3 Å². The zero-order chi connectivity index (χ0) is 13.1. The van der Waals surface area contributed by atoms with Crippen LogP contribution in [0.3, 0.4) is 0 Å². The molecule has 1 saturated heterocycles. The molecule has 0 spiro atoms. The highest BCUT2D eigenvalue weighted by Gasteiger charge is 2.31. The molecule has 1 N–H and O–H groups in total. The lowest BCUT2D eigenvalue weighted by Crippen LogP contribution is -2.39. The molecule has 100 valence electrons. The zero-order valence-corrected chi connectivity index (χ0v) is 11.2. The monoisotopic (exact) mass is 256 g/mol. The minimum atomic E-state index is 0.499. The summed E-state index contributed by atoms with van der Waals surface area (Å²) < 4.78 is 0. The van der Waals surface area contributed by atoms with Gasteiger partial charge in [-0.1, -0.05) is 0 Å². The van der Waals surface area contributed by atoms with E-state index < -0.39 is 0 Å². The molecule has 0 aromatic carbocycles. The first-order valence-corrected chi connectivity index (χ1v) is 7.20. The number of anilines is 1. The van der Waals surface area contributed by atoms with Gasteiger partial charge in [-0.15, -0.1) is 0 Å². The van der Waals surface area contributed by atoms with Crippen molar-refractivity contribution < 1.29 is 0 Å². The van der Waals surface area contributed by atoms with E-state index in [1.165, 1.54) is 37.9 Å². The molecule has 19 heavy (non-hydrogen) atoms. The van der Waals surface area contributed by atoms with Crippen LogP contribution >= 0.6 is 0 Å². The number of nitrogens with zero attached hydrogens (tertiary/aromatic N) is 3. The van der Waals surface area contributed by atoms with Crippen LogP contribution in [0.2, 0.25) is 0 Å². The number of piperidine rings is 1. The quantitative estimate of drug-likeness (QED) is 0.894. The molecule has 2 aliphatic rings. The van der Waals surface area contributed by atoms with Crippen LogP contribution in [0.1, 0.15) is 31.4 Å². The van der Waals surface area contributed by atoms with Gasteiger partial charge >= 0.3 is 0 Å². The van der Waals surface area contributed by atoms with Gasteiger partial charge in [0.2, 0.25) is 0 Å². The van der Waals surface area contributed by atoms with Gasteiger partial charge in [0.15, 0.2) is 0 Å². The van der Waals surface area contributed by atoms with Gasteiger partial charge in [-0.2, -0.15) is 5.26 Å². The number of aromatic nitrogens is 1. The summed E-state index contributed by atoms with van der Waals surface area (Å²) in [5.41, 5.74) is 1.67. The lowest BCUT2D eigenvalue weighted by molar-refractivity contribution is 0.376. The molecule has 3 rings (SSSR count). The van der Waals surface area contributed by atoms with Gasteiger partial charge in [-0.3, -0.25) is 0 Å². The van der Waals surface area contributed by atoms with Crippen LogP contribution < -0.4 is 10.2 Å². The van der Waals surface area contributed by atoms with Gasteiger partial charge in [0.25, 0.3) is 0 Å². The average Bonchev–Trinajstić information content (AvgIpc) is 3.31. The van der Waals surface area contributed by atoms with E-state index in [0.717, 1.165) is 19.0 Å². The second kappa shape index (κ2) is 5.58. The molecule has 0 radical (unpaired) electrons. The molecular formula is C15H20N4. The van der Waals surface area contributed by atoms with Crippen molar-refractivity contribution in [3.8, 4) is 6.07 Å². The SMILES string of the molecule is N#Cc1ccc(N(CC2CCCNC2)C2CC2)cn1. The van der Waals surface area contributed by atoms with Crippen molar-refractivity contribution in [2.75, 3.05) is 24.5 Å². The Labute approximate surface area is 114 Å². The maximum atomic E-state index is 8.82. The summed E-state index contributed by atoms with van der Waals surface area (Å²) in [5, 5.41) is 12.3. The van der Waals surface area contributed by atoms with Crippen molar-refractivity contribution in [2.45, 2.75) is 31.7 Å². The maximum absolute atomic E-state index is 8.82. The van der Waals surface area contributed by atoms with Crippen LogP contribution in [-0.4, -0.2) is 30.7 Å². The summed E-state index contributed by atoms with van der Waals surface area (Å²) in [7, 11) is 0. The largest absolute Gasteiger partial charge is 0.367 e. The standard InChI is InChI=1S/C15H20N4/c16-8-13-3-4-15(10-18-13)19(14-5-6-14)11-12-2-1-7-17-9-12/h3-4,10,12,14,17H,1-2,5-7,9,11H2. The number of hydrogen-bond donors (Lipinski definition) is 1. The molecule has 1 saturated carbocycles. The van der Waals surface area contributed by atoms with E-state index in [1.807, 2.05) is 18.3 Å². The van der Waals surface area contributed by atoms with E-state index in [1.54, 1.807) is 0 Å².